The second kappa shape index (κ2) is 4.73. The van der Waals surface area contributed by atoms with Crippen LogP contribution in [0.1, 0.15) is 27.0 Å². The molecular formula is C12H14N4OS. The van der Waals surface area contributed by atoms with E-state index < -0.39 is 0 Å². The summed E-state index contributed by atoms with van der Waals surface area (Å²) in [6.07, 6.45) is 0. The number of hydrogen-bond donors (Lipinski definition) is 2. The zero-order valence-corrected chi connectivity index (χ0v) is 11.3. The molecule has 1 aromatic heterocycles. The van der Waals surface area contributed by atoms with Crippen LogP contribution in [0.5, 0.6) is 0 Å². The lowest BCUT2D eigenvalue weighted by molar-refractivity contribution is 0.102. The normalized spacial score (nSPS) is 10.4. The van der Waals surface area contributed by atoms with E-state index in [0.717, 1.165) is 28.0 Å². The van der Waals surface area contributed by atoms with Gasteiger partial charge in [0.2, 0.25) is 10.3 Å². The third kappa shape index (κ3) is 2.48. The van der Waals surface area contributed by atoms with Gasteiger partial charge in [-0.25, -0.2) is 0 Å². The molecule has 0 fully saturated rings. The Morgan fingerprint density at radius 2 is 1.83 bits per heavy atom. The van der Waals surface area contributed by atoms with Crippen molar-refractivity contribution in [2.75, 3.05) is 11.1 Å². The monoisotopic (exact) mass is 262 g/mol. The maximum atomic E-state index is 12.2. The first-order chi connectivity index (χ1) is 8.47. The van der Waals surface area contributed by atoms with E-state index in [1.54, 1.807) is 0 Å². The first kappa shape index (κ1) is 12.5. The standard InChI is InChI=1S/C12H14N4OS/c1-6-4-7(2)9(8(3)5-6)10(17)14-12-16-15-11(13)18-12/h4-5H,1-3H3,(H2,13,15)(H,14,16,17). The van der Waals surface area contributed by atoms with Crippen LogP contribution in [0.3, 0.4) is 0 Å². The lowest BCUT2D eigenvalue weighted by Crippen LogP contribution is -2.15. The Bertz CT molecular complexity index is 583. The molecule has 2 aromatic rings. The minimum absolute atomic E-state index is 0.179. The Morgan fingerprint density at radius 1 is 1.22 bits per heavy atom. The van der Waals surface area contributed by atoms with Crippen LogP contribution in [0.2, 0.25) is 0 Å². The topological polar surface area (TPSA) is 80.9 Å². The van der Waals surface area contributed by atoms with E-state index in [2.05, 4.69) is 15.5 Å². The van der Waals surface area contributed by atoms with Gasteiger partial charge in [-0.3, -0.25) is 10.1 Å². The van der Waals surface area contributed by atoms with Gasteiger partial charge in [0.15, 0.2) is 0 Å². The second-order valence-corrected chi connectivity index (χ2v) is 5.18. The van der Waals surface area contributed by atoms with E-state index in [-0.39, 0.29) is 5.91 Å². The summed E-state index contributed by atoms with van der Waals surface area (Å²) in [4.78, 5) is 12.2. The predicted molar refractivity (Wildman–Crippen MR) is 72.9 cm³/mol. The fourth-order valence-corrected chi connectivity index (χ4v) is 2.49. The highest BCUT2D eigenvalue weighted by Crippen LogP contribution is 2.20. The van der Waals surface area contributed by atoms with E-state index in [4.69, 9.17) is 5.73 Å². The Balaban J connectivity index is 2.29. The number of amides is 1. The minimum atomic E-state index is -0.179. The zero-order valence-electron chi connectivity index (χ0n) is 10.4. The number of benzene rings is 1. The number of rotatable bonds is 2. The van der Waals surface area contributed by atoms with Gasteiger partial charge < -0.3 is 5.73 Å². The molecule has 3 N–H and O–H groups in total. The largest absolute Gasteiger partial charge is 0.374 e. The molecule has 0 unspecified atom stereocenters. The fraction of sp³-hybridized carbons (Fsp3) is 0.250. The molecule has 0 aliphatic heterocycles. The molecule has 2 rings (SSSR count). The number of hydrogen-bond acceptors (Lipinski definition) is 5. The second-order valence-electron chi connectivity index (χ2n) is 4.17. The summed E-state index contributed by atoms with van der Waals surface area (Å²) in [5.74, 6) is -0.179. The highest BCUT2D eigenvalue weighted by atomic mass is 32.1. The van der Waals surface area contributed by atoms with Crippen LogP contribution < -0.4 is 11.1 Å². The van der Waals surface area contributed by atoms with Gasteiger partial charge in [-0.1, -0.05) is 29.0 Å². The predicted octanol–water partition coefficient (Wildman–Crippen LogP) is 2.30. The zero-order chi connectivity index (χ0) is 13.3. The molecule has 0 saturated carbocycles. The molecule has 0 saturated heterocycles. The van der Waals surface area contributed by atoms with Crippen molar-refractivity contribution < 1.29 is 4.79 Å². The van der Waals surface area contributed by atoms with Crippen molar-refractivity contribution in [1.29, 1.82) is 0 Å². The Hall–Kier alpha value is -1.95. The molecule has 5 nitrogen and oxygen atoms in total. The van der Waals surface area contributed by atoms with Crippen LogP contribution in [0.4, 0.5) is 10.3 Å². The summed E-state index contributed by atoms with van der Waals surface area (Å²) in [5, 5.41) is 10.9. The van der Waals surface area contributed by atoms with Crippen molar-refractivity contribution in [3.63, 3.8) is 0 Å². The third-order valence-electron chi connectivity index (χ3n) is 2.57. The van der Waals surface area contributed by atoms with E-state index in [9.17, 15) is 4.79 Å². The maximum absolute atomic E-state index is 12.2. The number of nitrogens with two attached hydrogens (primary N) is 1. The number of aromatic nitrogens is 2. The smallest absolute Gasteiger partial charge is 0.258 e. The Kier molecular flexibility index (Phi) is 3.29. The fourth-order valence-electron chi connectivity index (χ4n) is 1.98. The van der Waals surface area contributed by atoms with Crippen molar-refractivity contribution in [2.45, 2.75) is 20.8 Å². The summed E-state index contributed by atoms with van der Waals surface area (Å²) in [7, 11) is 0. The van der Waals surface area contributed by atoms with Crippen LogP contribution in [0, 0.1) is 20.8 Å². The van der Waals surface area contributed by atoms with Gasteiger partial charge in [0.1, 0.15) is 0 Å². The Morgan fingerprint density at radius 3 is 2.33 bits per heavy atom. The van der Waals surface area contributed by atoms with Crippen LogP contribution in [0.15, 0.2) is 12.1 Å². The molecule has 0 bridgehead atoms. The highest BCUT2D eigenvalue weighted by Gasteiger charge is 2.14. The average molecular weight is 262 g/mol. The van der Waals surface area contributed by atoms with Crippen molar-refractivity contribution in [3.05, 3.63) is 34.4 Å². The van der Waals surface area contributed by atoms with Crippen molar-refractivity contribution in [3.8, 4) is 0 Å². The van der Waals surface area contributed by atoms with Gasteiger partial charge in [-0.05, 0) is 31.9 Å². The molecule has 94 valence electrons. The number of aryl methyl sites for hydroxylation is 3. The van der Waals surface area contributed by atoms with Gasteiger partial charge in [0.05, 0.1) is 0 Å². The SMILES string of the molecule is Cc1cc(C)c(C(=O)Nc2nnc(N)s2)c(C)c1. The summed E-state index contributed by atoms with van der Waals surface area (Å²) in [6, 6.07) is 3.97. The van der Waals surface area contributed by atoms with Crippen LogP contribution in [-0.2, 0) is 0 Å². The summed E-state index contributed by atoms with van der Waals surface area (Å²) in [6.45, 7) is 5.85. The van der Waals surface area contributed by atoms with Crippen LogP contribution in [0.25, 0.3) is 0 Å². The van der Waals surface area contributed by atoms with Gasteiger partial charge >= 0.3 is 0 Å². The summed E-state index contributed by atoms with van der Waals surface area (Å²) in [5.41, 5.74) is 9.18. The molecule has 1 heterocycles. The number of carbonyl (C=O) groups excluding carboxylic acids is 1. The summed E-state index contributed by atoms with van der Waals surface area (Å²) >= 11 is 1.15. The molecule has 0 atom stereocenters. The lowest BCUT2D eigenvalue weighted by Gasteiger charge is -2.09. The third-order valence-corrected chi connectivity index (χ3v) is 3.23. The van der Waals surface area contributed by atoms with Gasteiger partial charge in [-0.15, -0.1) is 10.2 Å². The van der Waals surface area contributed by atoms with Crippen molar-refractivity contribution in [1.82, 2.24) is 10.2 Å². The first-order valence-corrected chi connectivity index (χ1v) is 6.27. The average Bonchev–Trinajstić information content (AvgIpc) is 2.62. The highest BCUT2D eigenvalue weighted by molar-refractivity contribution is 7.19. The minimum Gasteiger partial charge on any atom is -0.374 e. The van der Waals surface area contributed by atoms with Crippen molar-refractivity contribution >= 4 is 27.5 Å². The number of nitrogens with zero attached hydrogens (tertiary/aromatic N) is 2. The lowest BCUT2D eigenvalue weighted by atomic mass is 9.99. The molecule has 1 aromatic carbocycles. The van der Waals surface area contributed by atoms with Crippen LogP contribution in [-0.4, -0.2) is 16.1 Å². The van der Waals surface area contributed by atoms with E-state index in [1.165, 1.54) is 0 Å². The Labute approximate surface area is 109 Å². The van der Waals surface area contributed by atoms with Gasteiger partial charge in [0.25, 0.3) is 5.91 Å². The van der Waals surface area contributed by atoms with Gasteiger partial charge in [-0.2, -0.15) is 0 Å². The van der Waals surface area contributed by atoms with E-state index >= 15 is 0 Å². The molecule has 18 heavy (non-hydrogen) atoms. The number of anilines is 2. The summed E-state index contributed by atoms with van der Waals surface area (Å²) < 4.78 is 0. The van der Waals surface area contributed by atoms with E-state index in [1.807, 2.05) is 32.9 Å². The number of nitrogens with one attached hydrogen (secondary N) is 1. The number of carbonyl (C=O) groups is 1. The van der Waals surface area contributed by atoms with Gasteiger partial charge in [0, 0.05) is 5.56 Å². The quantitative estimate of drug-likeness (QED) is 0.870. The molecular weight excluding hydrogens is 248 g/mol. The molecule has 0 radical (unpaired) electrons. The van der Waals surface area contributed by atoms with E-state index in [0.29, 0.717) is 15.8 Å². The maximum Gasteiger partial charge on any atom is 0.258 e. The molecule has 0 aliphatic carbocycles. The molecule has 6 heteroatoms. The molecule has 1 amide bonds. The molecule has 0 spiro atoms. The first-order valence-electron chi connectivity index (χ1n) is 5.45. The van der Waals surface area contributed by atoms with Crippen LogP contribution >= 0.6 is 11.3 Å². The van der Waals surface area contributed by atoms with Crippen molar-refractivity contribution in [2.24, 2.45) is 0 Å². The number of nitrogen functional groups attached to an aromatic ring is 1. The molecule has 0 aliphatic rings.